The molecular weight excluding hydrogens is 376 g/mol. The van der Waals surface area contributed by atoms with Crippen LogP contribution >= 0.6 is 11.3 Å². The van der Waals surface area contributed by atoms with Crippen molar-refractivity contribution >= 4 is 28.3 Å². The van der Waals surface area contributed by atoms with E-state index in [-0.39, 0.29) is 5.91 Å². The highest BCUT2D eigenvalue weighted by Gasteiger charge is 2.23. The normalized spacial score (nSPS) is 17.5. The molecule has 1 unspecified atom stereocenters. The summed E-state index contributed by atoms with van der Waals surface area (Å²) in [7, 11) is 0. The lowest BCUT2D eigenvalue weighted by Gasteiger charge is -2.30. The summed E-state index contributed by atoms with van der Waals surface area (Å²) in [5.41, 5.74) is 2.97. The predicted octanol–water partition coefficient (Wildman–Crippen LogP) is 3.75. The second-order valence-electron chi connectivity index (χ2n) is 7.43. The van der Waals surface area contributed by atoms with Crippen LogP contribution in [0.25, 0.3) is 0 Å². The first-order valence-electron chi connectivity index (χ1n) is 9.73. The van der Waals surface area contributed by atoms with Gasteiger partial charge in [-0.05, 0) is 51.6 Å². The molecule has 1 aliphatic heterocycles. The summed E-state index contributed by atoms with van der Waals surface area (Å²) in [6, 6.07) is 0. The van der Waals surface area contributed by atoms with E-state index in [1.165, 1.54) is 24.2 Å². The number of nitrogens with zero attached hydrogens (tertiary/aromatic N) is 2. The van der Waals surface area contributed by atoms with Crippen LogP contribution in [-0.4, -0.2) is 46.4 Å². The Morgan fingerprint density at radius 2 is 2.21 bits per heavy atom. The monoisotopic (exact) mass is 404 g/mol. The summed E-state index contributed by atoms with van der Waals surface area (Å²) in [5.74, 6) is 0.00276. The van der Waals surface area contributed by atoms with Crippen molar-refractivity contribution < 1.29 is 14.3 Å². The number of hydrogen-bond donors (Lipinski definition) is 2. The molecule has 0 radical (unpaired) electrons. The molecule has 1 saturated heterocycles. The number of carbonyl (C=O) groups excluding carboxylic acids is 2. The maximum Gasteiger partial charge on any atom is 0.340 e. The lowest BCUT2D eigenvalue weighted by Crippen LogP contribution is -2.33. The number of H-pyrrole nitrogens is 1. The highest BCUT2D eigenvalue weighted by molar-refractivity contribution is 7.13. The number of thiazole rings is 1. The van der Waals surface area contributed by atoms with Gasteiger partial charge in [0.1, 0.15) is 5.69 Å². The third-order valence-corrected chi connectivity index (χ3v) is 5.85. The molecule has 8 heteroatoms. The quantitative estimate of drug-likeness (QED) is 0.716. The van der Waals surface area contributed by atoms with Gasteiger partial charge < -0.3 is 9.72 Å². The molecular formula is C20H28N4O3S. The van der Waals surface area contributed by atoms with Gasteiger partial charge in [0, 0.05) is 24.2 Å². The minimum Gasteiger partial charge on any atom is -0.462 e. The van der Waals surface area contributed by atoms with Gasteiger partial charge in [-0.1, -0.05) is 6.92 Å². The SMILES string of the molecule is CCOC(=O)c1c(C)[nH]c(C(=O)Nc2nc(CN3CCCC(C)C3)cs2)c1C. The van der Waals surface area contributed by atoms with Crippen LogP contribution in [0.1, 0.15) is 64.5 Å². The Balaban J connectivity index is 1.66. The van der Waals surface area contributed by atoms with E-state index in [0.717, 1.165) is 31.2 Å². The summed E-state index contributed by atoms with van der Waals surface area (Å²) >= 11 is 1.42. The first kappa shape index (κ1) is 20.5. The molecule has 1 atom stereocenters. The molecule has 0 aromatic carbocycles. The average Bonchev–Trinajstić information content (AvgIpc) is 3.18. The number of aromatic nitrogens is 2. The fraction of sp³-hybridized carbons (Fsp3) is 0.550. The van der Waals surface area contributed by atoms with E-state index >= 15 is 0 Å². The van der Waals surface area contributed by atoms with Crippen LogP contribution in [0.2, 0.25) is 0 Å². The van der Waals surface area contributed by atoms with Gasteiger partial charge in [-0.3, -0.25) is 15.0 Å². The lowest BCUT2D eigenvalue weighted by atomic mass is 10.0. The lowest BCUT2D eigenvalue weighted by molar-refractivity contribution is 0.0525. The van der Waals surface area contributed by atoms with Crippen molar-refractivity contribution in [3.63, 3.8) is 0 Å². The molecule has 3 rings (SSSR count). The Morgan fingerprint density at radius 1 is 1.43 bits per heavy atom. The fourth-order valence-electron chi connectivity index (χ4n) is 3.74. The largest absolute Gasteiger partial charge is 0.462 e. The number of hydrogen-bond acceptors (Lipinski definition) is 6. The molecule has 1 fully saturated rings. The number of aryl methyl sites for hydroxylation is 1. The molecule has 28 heavy (non-hydrogen) atoms. The summed E-state index contributed by atoms with van der Waals surface area (Å²) in [6.45, 7) is 10.8. The van der Waals surface area contributed by atoms with Crippen LogP contribution in [0, 0.1) is 19.8 Å². The molecule has 2 aromatic rings. The van der Waals surface area contributed by atoms with Gasteiger partial charge in [-0.25, -0.2) is 9.78 Å². The average molecular weight is 405 g/mol. The highest BCUT2D eigenvalue weighted by atomic mass is 32.1. The number of anilines is 1. The van der Waals surface area contributed by atoms with E-state index < -0.39 is 5.97 Å². The zero-order valence-corrected chi connectivity index (χ0v) is 17.7. The number of likely N-dealkylation sites (tertiary alicyclic amines) is 1. The first-order chi connectivity index (χ1) is 13.4. The topological polar surface area (TPSA) is 87.3 Å². The van der Waals surface area contributed by atoms with E-state index in [4.69, 9.17) is 4.74 Å². The molecule has 2 N–H and O–H groups in total. The Kier molecular flexibility index (Phi) is 6.51. The van der Waals surface area contributed by atoms with Crippen LogP contribution in [0.15, 0.2) is 5.38 Å². The van der Waals surface area contributed by atoms with Gasteiger partial charge in [-0.15, -0.1) is 11.3 Å². The number of esters is 1. The van der Waals surface area contributed by atoms with E-state index in [2.05, 4.69) is 27.1 Å². The molecule has 1 aliphatic rings. The molecule has 0 bridgehead atoms. The maximum atomic E-state index is 12.7. The van der Waals surface area contributed by atoms with Crippen molar-refractivity contribution in [2.24, 2.45) is 5.92 Å². The number of carbonyl (C=O) groups is 2. The Morgan fingerprint density at radius 3 is 2.93 bits per heavy atom. The van der Waals surface area contributed by atoms with Crippen LogP contribution in [0.3, 0.4) is 0 Å². The van der Waals surface area contributed by atoms with E-state index in [1.54, 1.807) is 20.8 Å². The van der Waals surface area contributed by atoms with Crippen molar-refractivity contribution in [3.05, 3.63) is 33.6 Å². The van der Waals surface area contributed by atoms with Crippen LogP contribution in [0.4, 0.5) is 5.13 Å². The predicted molar refractivity (Wildman–Crippen MR) is 110 cm³/mol. The zero-order chi connectivity index (χ0) is 20.3. The summed E-state index contributed by atoms with van der Waals surface area (Å²) < 4.78 is 5.08. The number of amides is 1. The van der Waals surface area contributed by atoms with Gasteiger partial charge >= 0.3 is 5.97 Å². The number of nitrogens with one attached hydrogen (secondary N) is 2. The molecule has 1 amide bonds. The van der Waals surface area contributed by atoms with Crippen molar-refractivity contribution in [2.75, 3.05) is 25.0 Å². The van der Waals surface area contributed by atoms with Gasteiger partial charge in [0.05, 0.1) is 17.9 Å². The molecule has 0 spiro atoms. The van der Waals surface area contributed by atoms with Crippen molar-refractivity contribution in [1.82, 2.24) is 14.9 Å². The first-order valence-corrected chi connectivity index (χ1v) is 10.6. The van der Waals surface area contributed by atoms with Crippen LogP contribution in [0.5, 0.6) is 0 Å². The minimum atomic E-state index is -0.417. The van der Waals surface area contributed by atoms with Crippen LogP contribution in [-0.2, 0) is 11.3 Å². The number of piperidine rings is 1. The van der Waals surface area contributed by atoms with E-state index in [0.29, 0.717) is 34.3 Å². The molecule has 2 aromatic heterocycles. The maximum absolute atomic E-state index is 12.7. The minimum absolute atomic E-state index is 0.294. The van der Waals surface area contributed by atoms with Gasteiger partial charge in [0.2, 0.25) is 0 Å². The fourth-order valence-corrected chi connectivity index (χ4v) is 4.44. The summed E-state index contributed by atoms with van der Waals surface area (Å²) in [6.07, 6.45) is 2.51. The molecule has 7 nitrogen and oxygen atoms in total. The molecule has 0 aliphatic carbocycles. The zero-order valence-electron chi connectivity index (χ0n) is 16.9. The number of rotatable bonds is 6. The Bertz CT molecular complexity index is 858. The van der Waals surface area contributed by atoms with Crippen LogP contribution < -0.4 is 5.32 Å². The van der Waals surface area contributed by atoms with Gasteiger partial charge in [-0.2, -0.15) is 0 Å². The standard InChI is InChI=1S/C20H28N4O3S/c1-5-27-19(26)16-13(3)17(21-14(16)4)18(25)23-20-22-15(11-28-20)10-24-8-6-7-12(2)9-24/h11-12,21H,5-10H2,1-4H3,(H,22,23,25). The van der Waals surface area contributed by atoms with E-state index in [1.807, 2.05) is 5.38 Å². The molecule has 0 saturated carbocycles. The van der Waals surface area contributed by atoms with E-state index in [9.17, 15) is 9.59 Å². The number of aromatic amines is 1. The third kappa shape index (κ3) is 4.62. The molecule has 152 valence electrons. The highest BCUT2D eigenvalue weighted by Crippen LogP contribution is 2.23. The van der Waals surface area contributed by atoms with Crippen molar-refractivity contribution in [1.29, 1.82) is 0 Å². The summed E-state index contributed by atoms with van der Waals surface area (Å²) in [4.78, 5) is 34.8. The summed E-state index contributed by atoms with van der Waals surface area (Å²) in [5, 5.41) is 5.40. The third-order valence-electron chi connectivity index (χ3n) is 5.04. The van der Waals surface area contributed by atoms with Crippen molar-refractivity contribution in [3.8, 4) is 0 Å². The van der Waals surface area contributed by atoms with Crippen molar-refractivity contribution in [2.45, 2.75) is 47.1 Å². The Labute approximate surface area is 169 Å². The van der Waals surface area contributed by atoms with Gasteiger partial charge in [0.25, 0.3) is 5.91 Å². The second kappa shape index (κ2) is 8.87. The second-order valence-corrected chi connectivity index (χ2v) is 8.28. The Hall–Kier alpha value is -2.19. The van der Waals surface area contributed by atoms with Gasteiger partial charge in [0.15, 0.2) is 5.13 Å². The number of ether oxygens (including phenoxy) is 1. The smallest absolute Gasteiger partial charge is 0.340 e. The molecule has 3 heterocycles.